The molecule has 1 aromatic heterocycles. The van der Waals surface area contributed by atoms with Crippen molar-refractivity contribution in [2.24, 2.45) is 0 Å². The van der Waals surface area contributed by atoms with Gasteiger partial charge >= 0.3 is 5.51 Å². The van der Waals surface area contributed by atoms with Crippen LogP contribution in [-0.2, 0) is 4.74 Å². The van der Waals surface area contributed by atoms with Gasteiger partial charge in [-0.3, -0.25) is 4.79 Å². The molecule has 0 fully saturated rings. The van der Waals surface area contributed by atoms with Gasteiger partial charge in [0.1, 0.15) is 5.82 Å². The molecule has 0 unspecified atom stereocenters. The summed E-state index contributed by atoms with van der Waals surface area (Å²) in [7, 11) is 3.48. The van der Waals surface area contributed by atoms with Gasteiger partial charge in [0.15, 0.2) is 0 Å². The summed E-state index contributed by atoms with van der Waals surface area (Å²) in [5.74, 6) is -0.393. The molecule has 26 heavy (non-hydrogen) atoms. The molecule has 0 spiro atoms. The van der Waals surface area contributed by atoms with Crippen LogP contribution in [0.25, 0.3) is 0 Å². The summed E-state index contributed by atoms with van der Waals surface area (Å²) in [6.45, 7) is 1.23. The predicted molar refractivity (Wildman–Crippen MR) is 95.7 cm³/mol. The highest BCUT2D eigenvalue weighted by molar-refractivity contribution is 8.00. The SMILES string of the molecule is COCCN(C)c1ccc(NC(=O)c2ccccc2SC(F)(F)F)nc1. The Kier molecular flexibility index (Phi) is 6.87. The van der Waals surface area contributed by atoms with Crippen LogP contribution in [-0.4, -0.2) is 43.7 Å². The number of ether oxygens (including phenoxy) is 1. The van der Waals surface area contributed by atoms with Crippen molar-refractivity contribution in [3.05, 3.63) is 48.2 Å². The third kappa shape index (κ3) is 5.92. The minimum Gasteiger partial charge on any atom is -0.383 e. The Bertz CT molecular complexity index is 739. The Morgan fingerprint density at radius 2 is 2.00 bits per heavy atom. The topological polar surface area (TPSA) is 54.5 Å². The molecular formula is C17H18F3N3O2S. The van der Waals surface area contributed by atoms with Crippen molar-refractivity contribution in [3.63, 3.8) is 0 Å². The molecule has 0 saturated carbocycles. The lowest BCUT2D eigenvalue weighted by atomic mass is 10.2. The van der Waals surface area contributed by atoms with E-state index in [2.05, 4.69) is 10.3 Å². The molecule has 0 aliphatic heterocycles. The fourth-order valence-electron chi connectivity index (χ4n) is 2.09. The Labute approximate surface area is 153 Å². The van der Waals surface area contributed by atoms with Crippen LogP contribution in [0.4, 0.5) is 24.7 Å². The van der Waals surface area contributed by atoms with E-state index in [1.54, 1.807) is 25.4 Å². The van der Waals surface area contributed by atoms with Crippen LogP contribution in [0.15, 0.2) is 47.5 Å². The number of halogens is 3. The number of hydrogen-bond acceptors (Lipinski definition) is 5. The van der Waals surface area contributed by atoms with Crippen molar-refractivity contribution in [2.75, 3.05) is 37.5 Å². The van der Waals surface area contributed by atoms with E-state index < -0.39 is 11.4 Å². The summed E-state index contributed by atoms with van der Waals surface area (Å²) < 4.78 is 42.9. The second-order valence-corrected chi connectivity index (χ2v) is 6.42. The number of amides is 1. The molecule has 5 nitrogen and oxygen atoms in total. The molecule has 0 saturated heterocycles. The van der Waals surface area contributed by atoms with Crippen LogP contribution < -0.4 is 10.2 Å². The number of anilines is 2. The molecular weight excluding hydrogens is 367 g/mol. The molecule has 9 heteroatoms. The highest BCUT2D eigenvalue weighted by Gasteiger charge is 2.31. The number of nitrogens with one attached hydrogen (secondary N) is 1. The van der Waals surface area contributed by atoms with Gasteiger partial charge in [0.05, 0.1) is 24.1 Å². The second kappa shape index (κ2) is 8.91. The quantitative estimate of drug-likeness (QED) is 0.730. The molecule has 1 heterocycles. The van der Waals surface area contributed by atoms with Crippen LogP contribution in [0, 0.1) is 0 Å². The maximum Gasteiger partial charge on any atom is 0.446 e. The van der Waals surface area contributed by atoms with E-state index in [0.717, 1.165) is 5.69 Å². The van der Waals surface area contributed by atoms with E-state index in [4.69, 9.17) is 4.74 Å². The lowest BCUT2D eigenvalue weighted by molar-refractivity contribution is -0.0328. The highest BCUT2D eigenvalue weighted by atomic mass is 32.2. The molecule has 1 N–H and O–H groups in total. The molecule has 0 atom stereocenters. The van der Waals surface area contributed by atoms with E-state index in [1.165, 1.54) is 24.3 Å². The Balaban J connectivity index is 2.08. The molecule has 1 aromatic carbocycles. The molecule has 0 aliphatic carbocycles. The molecule has 0 aliphatic rings. The van der Waals surface area contributed by atoms with Gasteiger partial charge in [-0.05, 0) is 36.0 Å². The van der Waals surface area contributed by atoms with Crippen molar-refractivity contribution in [2.45, 2.75) is 10.4 Å². The van der Waals surface area contributed by atoms with Crippen LogP contribution >= 0.6 is 11.8 Å². The smallest absolute Gasteiger partial charge is 0.383 e. The zero-order valence-corrected chi connectivity index (χ0v) is 15.0. The van der Waals surface area contributed by atoms with Gasteiger partial charge in [0.2, 0.25) is 0 Å². The Morgan fingerprint density at radius 3 is 2.62 bits per heavy atom. The van der Waals surface area contributed by atoms with Crippen molar-refractivity contribution in [1.82, 2.24) is 4.98 Å². The second-order valence-electron chi connectivity index (χ2n) is 5.31. The van der Waals surface area contributed by atoms with E-state index in [1.807, 2.05) is 11.9 Å². The van der Waals surface area contributed by atoms with Gasteiger partial charge in [0.25, 0.3) is 5.91 Å². The monoisotopic (exact) mass is 385 g/mol. The van der Waals surface area contributed by atoms with Gasteiger partial charge in [-0.25, -0.2) is 4.98 Å². The number of likely N-dealkylation sites (N-methyl/N-ethyl adjacent to an activating group) is 1. The summed E-state index contributed by atoms with van der Waals surface area (Å²) in [4.78, 5) is 18.2. The fraction of sp³-hybridized carbons (Fsp3) is 0.294. The molecule has 0 radical (unpaired) electrons. The van der Waals surface area contributed by atoms with Gasteiger partial charge in [-0.2, -0.15) is 13.2 Å². The molecule has 2 aromatic rings. The van der Waals surface area contributed by atoms with Gasteiger partial charge in [0, 0.05) is 25.6 Å². The highest BCUT2D eigenvalue weighted by Crippen LogP contribution is 2.38. The van der Waals surface area contributed by atoms with Crippen LogP contribution in [0.2, 0.25) is 0 Å². The lowest BCUT2D eigenvalue weighted by Crippen LogP contribution is -2.22. The number of benzene rings is 1. The number of carbonyl (C=O) groups is 1. The zero-order chi connectivity index (χ0) is 19.2. The van der Waals surface area contributed by atoms with Gasteiger partial charge in [-0.15, -0.1) is 0 Å². The zero-order valence-electron chi connectivity index (χ0n) is 14.2. The average molecular weight is 385 g/mol. The van der Waals surface area contributed by atoms with Crippen LogP contribution in [0.3, 0.4) is 0 Å². The number of nitrogens with zero attached hydrogens (tertiary/aromatic N) is 2. The van der Waals surface area contributed by atoms with Crippen molar-refractivity contribution >= 4 is 29.2 Å². The number of carbonyl (C=O) groups excluding carboxylic acids is 1. The minimum atomic E-state index is -4.47. The fourth-order valence-corrected chi connectivity index (χ4v) is 2.76. The summed E-state index contributed by atoms with van der Waals surface area (Å²) in [5.41, 5.74) is -3.70. The van der Waals surface area contributed by atoms with Crippen molar-refractivity contribution in [1.29, 1.82) is 0 Å². The standard InChI is InChI=1S/C17H18F3N3O2S/c1-23(9-10-25-2)12-7-8-15(21-11-12)22-16(24)13-5-3-4-6-14(13)26-17(18,19)20/h3-8,11H,9-10H2,1-2H3,(H,21,22,24). The molecule has 1 amide bonds. The predicted octanol–water partition coefficient (Wildman–Crippen LogP) is 4.03. The Hall–Kier alpha value is -2.26. The van der Waals surface area contributed by atoms with Crippen LogP contribution in [0.5, 0.6) is 0 Å². The minimum absolute atomic E-state index is 0.0575. The van der Waals surface area contributed by atoms with Crippen molar-refractivity contribution < 1.29 is 22.7 Å². The third-order valence-corrected chi connectivity index (χ3v) is 4.23. The summed E-state index contributed by atoms with van der Waals surface area (Å²) in [6, 6.07) is 8.92. The summed E-state index contributed by atoms with van der Waals surface area (Å²) >= 11 is -0.320. The summed E-state index contributed by atoms with van der Waals surface area (Å²) in [6.07, 6.45) is 1.57. The maximum absolute atomic E-state index is 12.6. The first-order chi connectivity index (χ1) is 12.3. The largest absolute Gasteiger partial charge is 0.446 e. The third-order valence-electron chi connectivity index (χ3n) is 3.42. The van der Waals surface area contributed by atoms with Gasteiger partial charge in [-0.1, -0.05) is 12.1 Å². The number of aromatic nitrogens is 1. The number of thioether (sulfide) groups is 1. The molecule has 140 valence electrons. The van der Waals surface area contributed by atoms with Crippen molar-refractivity contribution in [3.8, 4) is 0 Å². The van der Waals surface area contributed by atoms with Crippen LogP contribution in [0.1, 0.15) is 10.4 Å². The first-order valence-electron chi connectivity index (χ1n) is 7.62. The molecule has 0 bridgehead atoms. The first kappa shape index (κ1) is 20.1. The summed E-state index contributed by atoms with van der Waals surface area (Å²) in [5, 5.41) is 2.52. The first-order valence-corrected chi connectivity index (χ1v) is 8.44. The Morgan fingerprint density at radius 1 is 1.27 bits per heavy atom. The van der Waals surface area contributed by atoms with E-state index in [-0.39, 0.29) is 28.0 Å². The van der Waals surface area contributed by atoms with E-state index in [0.29, 0.717) is 13.2 Å². The van der Waals surface area contributed by atoms with E-state index in [9.17, 15) is 18.0 Å². The maximum atomic E-state index is 12.6. The molecule has 2 rings (SSSR count). The number of rotatable bonds is 7. The number of alkyl halides is 3. The van der Waals surface area contributed by atoms with Gasteiger partial charge < -0.3 is 15.0 Å². The number of pyridine rings is 1. The average Bonchev–Trinajstić information content (AvgIpc) is 2.59. The lowest BCUT2D eigenvalue weighted by Gasteiger charge is -2.18. The number of hydrogen-bond donors (Lipinski definition) is 1. The normalized spacial score (nSPS) is 11.3. The van der Waals surface area contributed by atoms with E-state index >= 15 is 0 Å². The number of methoxy groups -OCH3 is 1.